The van der Waals surface area contributed by atoms with E-state index in [0.29, 0.717) is 5.89 Å². The summed E-state index contributed by atoms with van der Waals surface area (Å²) in [5.74, 6) is 2.52. The third kappa shape index (κ3) is 2.08. The van der Waals surface area contributed by atoms with Gasteiger partial charge < -0.3 is 8.83 Å². The van der Waals surface area contributed by atoms with E-state index in [9.17, 15) is 0 Å². The fourth-order valence-electron chi connectivity index (χ4n) is 3.71. The average molecular weight is 272 g/mol. The molecule has 2 fully saturated rings. The highest BCUT2D eigenvalue weighted by atomic mass is 16.4. The van der Waals surface area contributed by atoms with Crippen LogP contribution in [0.5, 0.6) is 0 Å². The van der Waals surface area contributed by atoms with Gasteiger partial charge in [0.2, 0.25) is 5.89 Å². The molecule has 2 bridgehead atoms. The van der Waals surface area contributed by atoms with Gasteiger partial charge in [-0.05, 0) is 38.2 Å². The summed E-state index contributed by atoms with van der Waals surface area (Å²) in [6.07, 6.45) is 8.86. The lowest BCUT2D eigenvalue weighted by Crippen LogP contribution is -2.28. The summed E-state index contributed by atoms with van der Waals surface area (Å²) >= 11 is 0. The Labute approximate surface area is 118 Å². The second kappa shape index (κ2) is 4.77. The Balaban J connectivity index is 1.54. The highest BCUT2D eigenvalue weighted by molar-refractivity contribution is 5.51. The van der Waals surface area contributed by atoms with Crippen LogP contribution < -0.4 is 0 Å². The summed E-state index contributed by atoms with van der Waals surface area (Å²) in [5, 5.41) is 0. The summed E-state index contributed by atoms with van der Waals surface area (Å²) in [6, 6.07) is 2.65. The number of hydrogen-bond donors (Lipinski definition) is 0. The average Bonchev–Trinajstić information content (AvgIpc) is 3.13. The molecule has 1 saturated heterocycles. The van der Waals surface area contributed by atoms with Gasteiger partial charge >= 0.3 is 0 Å². The van der Waals surface area contributed by atoms with Crippen molar-refractivity contribution in [2.75, 3.05) is 6.54 Å². The number of oxazole rings is 1. The molecule has 2 aromatic rings. The van der Waals surface area contributed by atoms with Crippen LogP contribution in [0.1, 0.15) is 37.1 Å². The topological polar surface area (TPSA) is 42.4 Å². The van der Waals surface area contributed by atoms with Crippen LogP contribution in [0, 0.1) is 12.8 Å². The maximum Gasteiger partial charge on any atom is 0.229 e. The van der Waals surface area contributed by atoms with Crippen molar-refractivity contribution < 1.29 is 8.83 Å². The summed E-state index contributed by atoms with van der Waals surface area (Å²) in [6.45, 7) is 4.17. The molecule has 0 aromatic carbocycles. The maximum absolute atomic E-state index is 5.78. The van der Waals surface area contributed by atoms with Crippen LogP contribution in [-0.4, -0.2) is 22.5 Å². The van der Waals surface area contributed by atoms with Crippen LogP contribution in [-0.2, 0) is 6.54 Å². The van der Waals surface area contributed by atoms with Crippen molar-refractivity contribution >= 4 is 0 Å². The molecule has 1 saturated carbocycles. The van der Waals surface area contributed by atoms with E-state index < -0.39 is 0 Å². The van der Waals surface area contributed by atoms with Crippen LogP contribution in [0.2, 0.25) is 0 Å². The zero-order valence-electron chi connectivity index (χ0n) is 11.8. The van der Waals surface area contributed by atoms with Gasteiger partial charge in [0, 0.05) is 19.1 Å². The number of rotatable bonds is 3. The molecule has 4 heteroatoms. The maximum atomic E-state index is 5.78. The molecular formula is C16H20N2O2. The van der Waals surface area contributed by atoms with Gasteiger partial charge in [0.25, 0.3) is 0 Å². The minimum atomic E-state index is 0.674. The van der Waals surface area contributed by atoms with E-state index >= 15 is 0 Å². The fraction of sp³-hybridized carbons (Fsp3) is 0.562. The van der Waals surface area contributed by atoms with Gasteiger partial charge in [0.05, 0.1) is 17.5 Å². The summed E-state index contributed by atoms with van der Waals surface area (Å²) in [4.78, 5) is 7.26. The first-order valence-corrected chi connectivity index (χ1v) is 7.52. The molecule has 2 aromatic heterocycles. The minimum Gasteiger partial charge on any atom is -0.472 e. The quantitative estimate of drug-likeness (QED) is 0.856. The Morgan fingerprint density at radius 2 is 2.35 bits per heavy atom. The summed E-state index contributed by atoms with van der Waals surface area (Å²) in [5.41, 5.74) is 1.99. The van der Waals surface area contributed by atoms with Gasteiger partial charge in [0.1, 0.15) is 12.0 Å². The first-order valence-electron chi connectivity index (χ1n) is 7.52. The largest absolute Gasteiger partial charge is 0.472 e. The lowest BCUT2D eigenvalue weighted by Gasteiger charge is -2.23. The fourth-order valence-corrected chi connectivity index (χ4v) is 3.71. The smallest absolute Gasteiger partial charge is 0.229 e. The predicted molar refractivity (Wildman–Crippen MR) is 75.1 cm³/mol. The van der Waals surface area contributed by atoms with Gasteiger partial charge in [-0.25, -0.2) is 4.98 Å². The monoisotopic (exact) mass is 272 g/mol. The Morgan fingerprint density at radius 3 is 3.15 bits per heavy atom. The molecule has 3 heterocycles. The molecule has 0 spiro atoms. The molecule has 0 radical (unpaired) electrons. The highest BCUT2D eigenvalue weighted by Crippen LogP contribution is 2.36. The van der Waals surface area contributed by atoms with Crippen molar-refractivity contribution in [1.82, 2.24) is 9.88 Å². The third-order valence-electron chi connectivity index (χ3n) is 4.78. The molecule has 2 atom stereocenters. The molecule has 1 aliphatic carbocycles. The molecule has 1 aliphatic heterocycles. The number of furan rings is 1. The van der Waals surface area contributed by atoms with E-state index in [0.717, 1.165) is 35.5 Å². The predicted octanol–water partition coefficient (Wildman–Crippen LogP) is 3.62. The van der Waals surface area contributed by atoms with E-state index in [2.05, 4.69) is 9.88 Å². The van der Waals surface area contributed by atoms with Gasteiger partial charge in [0.15, 0.2) is 0 Å². The molecule has 0 amide bonds. The molecule has 0 N–H and O–H groups in total. The standard InChI is InChI=1S/C16H20N2O2/c1-11-15(17-16(20-11)13-5-6-19-10-13)9-18-8-12-3-2-4-14(18)7-12/h5-6,10,12,14H,2-4,7-9H2,1H3/t12-,14+/m0/s1. The van der Waals surface area contributed by atoms with Crippen LogP contribution in [0.25, 0.3) is 11.5 Å². The van der Waals surface area contributed by atoms with Crippen molar-refractivity contribution in [3.05, 3.63) is 30.0 Å². The first-order chi connectivity index (χ1) is 9.79. The normalized spacial score (nSPS) is 26.2. The van der Waals surface area contributed by atoms with Crippen molar-refractivity contribution in [2.45, 2.75) is 45.2 Å². The number of likely N-dealkylation sites (tertiary alicyclic amines) is 1. The number of hydrogen-bond acceptors (Lipinski definition) is 4. The lowest BCUT2D eigenvalue weighted by molar-refractivity contribution is 0.233. The number of aromatic nitrogens is 1. The first kappa shape index (κ1) is 12.2. The second-order valence-corrected chi connectivity index (χ2v) is 6.15. The van der Waals surface area contributed by atoms with Crippen molar-refractivity contribution in [3.8, 4) is 11.5 Å². The highest BCUT2D eigenvalue weighted by Gasteiger charge is 2.35. The van der Waals surface area contributed by atoms with Crippen LogP contribution in [0.3, 0.4) is 0 Å². The molecule has 0 unspecified atom stereocenters. The van der Waals surface area contributed by atoms with Gasteiger partial charge in [-0.1, -0.05) is 6.42 Å². The lowest BCUT2D eigenvalue weighted by atomic mass is 9.90. The summed E-state index contributed by atoms with van der Waals surface area (Å²) < 4.78 is 10.9. The van der Waals surface area contributed by atoms with E-state index in [1.54, 1.807) is 12.5 Å². The van der Waals surface area contributed by atoms with Gasteiger partial charge in [-0.15, -0.1) is 0 Å². The Hall–Kier alpha value is -1.55. The molecule has 20 heavy (non-hydrogen) atoms. The summed E-state index contributed by atoms with van der Waals surface area (Å²) in [7, 11) is 0. The zero-order chi connectivity index (χ0) is 13.5. The Kier molecular flexibility index (Phi) is 2.91. The van der Waals surface area contributed by atoms with Crippen molar-refractivity contribution in [3.63, 3.8) is 0 Å². The van der Waals surface area contributed by atoms with Crippen LogP contribution in [0.15, 0.2) is 27.4 Å². The van der Waals surface area contributed by atoms with E-state index in [1.807, 2.05) is 13.0 Å². The van der Waals surface area contributed by atoms with Crippen LogP contribution >= 0.6 is 0 Å². The van der Waals surface area contributed by atoms with Crippen LogP contribution in [0.4, 0.5) is 0 Å². The Bertz CT molecular complexity index is 588. The molecule has 106 valence electrons. The number of fused-ring (bicyclic) bond motifs is 2. The van der Waals surface area contributed by atoms with E-state index in [4.69, 9.17) is 8.83 Å². The molecule has 4 rings (SSSR count). The zero-order valence-corrected chi connectivity index (χ0v) is 11.8. The number of nitrogens with zero attached hydrogens (tertiary/aromatic N) is 2. The SMILES string of the molecule is Cc1oc(-c2ccoc2)nc1CN1C[C@H]2CCC[C@@H]1C2. The van der Waals surface area contributed by atoms with E-state index in [-0.39, 0.29) is 0 Å². The molecule has 4 nitrogen and oxygen atoms in total. The van der Waals surface area contributed by atoms with Crippen molar-refractivity contribution in [2.24, 2.45) is 5.92 Å². The van der Waals surface area contributed by atoms with E-state index in [1.165, 1.54) is 32.2 Å². The molecule has 2 aliphatic rings. The third-order valence-corrected chi connectivity index (χ3v) is 4.78. The number of aryl methyl sites for hydroxylation is 1. The van der Waals surface area contributed by atoms with Gasteiger partial charge in [-0.2, -0.15) is 0 Å². The second-order valence-electron chi connectivity index (χ2n) is 6.15. The Morgan fingerprint density at radius 1 is 1.40 bits per heavy atom. The minimum absolute atomic E-state index is 0.674. The van der Waals surface area contributed by atoms with Gasteiger partial charge in [-0.3, -0.25) is 4.90 Å². The van der Waals surface area contributed by atoms with Crippen molar-refractivity contribution in [1.29, 1.82) is 0 Å². The molecular weight excluding hydrogens is 252 g/mol.